The van der Waals surface area contributed by atoms with Gasteiger partial charge >= 0.3 is 0 Å². The molecule has 0 spiro atoms. The van der Waals surface area contributed by atoms with E-state index in [2.05, 4.69) is 5.32 Å². The first kappa shape index (κ1) is 13.9. The van der Waals surface area contributed by atoms with Gasteiger partial charge in [0.2, 0.25) is 5.91 Å². The van der Waals surface area contributed by atoms with Crippen LogP contribution < -0.4 is 10.1 Å². The second-order valence-corrected chi connectivity index (χ2v) is 5.12. The van der Waals surface area contributed by atoms with E-state index < -0.39 is 0 Å². The van der Waals surface area contributed by atoms with Crippen LogP contribution in [0, 0.1) is 12.8 Å². The summed E-state index contributed by atoms with van der Waals surface area (Å²) in [7, 11) is 0. The third-order valence-electron chi connectivity index (χ3n) is 3.29. The van der Waals surface area contributed by atoms with Crippen LogP contribution in [0.4, 0.5) is 0 Å². The standard InChI is InChI=1S/C15H21NO3/c1-11-2-6-13(7-3-11)19-9-8-15(18)16-10-14(17)12-4-5-12/h2-3,6-7,12,14,17H,4-5,8-10H2,1H3,(H,16,18). The molecule has 0 bridgehead atoms. The largest absolute Gasteiger partial charge is 0.493 e. The highest BCUT2D eigenvalue weighted by Crippen LogP contribution is 2.32. The summed E-state index contributed by atoms with van der Waals surface area (Å²) in [6.45, 7) is 2.73. The van der Waals surface area contributed by atoms with E-state index in [1.165, 1.54) is 5.56 Å². The second kappa shape index (κ2) is 6.57. The van der Waals surface area contributed by atoms with Crippen LogP contribution in [0.1, 0.15) is 24.8 Å². The molecule has 1 aliphatic carbocycles. The molecule has 1 saturated carbocycles. The van der Waals surface area contributed by atoms with E-state index >= 15 is 0 Å². The summed E-state index contributed by atoms with van der Waals surface area (Å²) < 4.78 is 5.47. The number of ether oxygens (including phenoxy) is 1. The van der Waals surface area contributed by atoms with E-state index in [0.717, 1.165) is 18.6 Å². The minimum Gasteiger partial charge on any atom is -0.493 e. The van der Waals surface area contributed by atoms with Gasteiger partial charge in [0.1, 0.15) is 5.75 Å². The van der Waals surface area contributed by atoms with Gasteiger partial charge in [0, 0.05) is 6.54 Å². The lowest BCUT2D eigenvalue weighted by atomic mass is 10.2. The van der Waals surface area contributed by atoms with Crippen molar-refractivity contribution in [2.45, 2.75) is 32.3 Å². The number of aliphatic hydroxyl groups is 1. The Morgan fingerprint density at radius 2 is 2.11 bits per heavy atom. The lowest BCUT2D eigenvalue weighted by molar-refractivity contribution is -0.122. The zero-order valence-electron chi connectivity index (χ0n) is 11.3. The summed E-state index contributed by atoms with van der Waals surface area (Å²) in [6, 6.07) is 7.73. The minimum atomic E-state index is -0.387. The van der Waals surface area contributed by atoms with Crippen molar-refractivity contribution in [1.82, 2.24) is 5.32 Å². The van der Waals surface area contributed by atoms with Crippen molar-refractivity contribution in [3.05, 3.63) is 29.8 Å². The molecule has 2 N–H and O–H groups in total. The second-order valence-electron chi connectivity index (χ2n) is 5.12. The number of carbonyl (C=O) groups excluding carboxylic acids is 1. The normalized spacial score (nSPS) is 15.9. The third-order valence-corrected chi connectivity index (χ3v) is 3.29. The number of amides is 1. The highest BCUT2D eigenvalue weighted by molar-refractivity contribution is 5.76. The van der Waals surface area contributed by atoms with Crippen LogP contribution in [0.2, 0.25) is 0 Å². The average molecular weight is 263 g/mol. The Morgan fingerprint density at radius 3 is 2.74 bits per heavy atom. The first-order valence-corrected chi connectivity index (χ1v) is 6.79. The first-order valence-electron chi connectivity index (χ1n) is 6.79. The van der Waals surface area contributed by atoms with Gasteiger partial charge in [-0.3, -0.25) is 4.79 Å². The molecule has 19 heavy (non-hydrogen) atoms. The first-order chi connectivity index (χ1) is 9.15. The zero-order valence-corrected chi connectivity index (χ0v) is 11.3. The molecular weight excluding hydrogens is 242 g/mol. The summed E-state index contributed by atoms with van der Waals surface area (Å²) in [6.07, 6.45) is 2.08. The number of aryl methyl sites for hydroxylation is 1. The SMILES string of the molecule is Cc1ccc(OCCC(=O)NCC(O)C2CC2)cc1. The van der Waals surface area contributed by atoms with Gasteiger partial charge in [-0.15, -0.1) is 0 Å². The van der Waals surface area contributed by atoms with E-state index in [9.17, 15) is 9.90 Å². The van der Waals surface area contributed by atoms with Crippen LogP contribution in [-0.2, 0) is 4.79 Å². The molecular formula is C15H21NO3. The Balaban J connectivity index is 1.59. The summed E-state index contributed by atoms with van der Waals surface area (Å²) in [5, 5.41) is 12.4. The number of carbonyl (C=O) groups is 1. The lowest BCUT2D eigenvalue weighted by Crippen LogP contribution is -2.33. The molecule has 0 heterocycles. The fraction of sp³-hybridized carbons (Fsp3) is 0.533. The van der Waals surface area contributed by atoms with Crippen molar-refractivity contribution in [2.75, 3.05) is 13.2 Å². The van der Waals surface area contributed by atoms with E-state index in [-0.39, 0.29) is 12.0 Å². The van der Waals surface area contributed by atoms with Gasteiger partial charge in [-0.05, 0) is 37.8 Å². The fourth-order valence-electron chi connectivity index (χ4n) is 1.85. The van der Waals surface area contributed by atoms with Crippen LogP contribution in [0.3, 0.4) is 0 Å². The van der Waals surface area contributed by atoms with E-state index in [4.69, 9.17) is 4.74 Å². The predicted molar refractivity (Wildman–Crippen MR) is 73.0 cm³/mol. The van der Waals surface area contributed by atoms with Gasteiger partial charge in [-0.1, -0.05) is 17.7 Å². The molecule has 4 nitrogen and oxygen atoms in total. The molecule has 1 fully saturated rings. The molecule has 1 atom stereocenters. The minimum absolute atomic E-state index is 0.0770. The van der Waals surface area contributed by atoms with Crippen molar-refractivity contribution >= 4 is 5.91 Å². The van der Waals surface area contributed by atoms with Crippen LogP contribution in [0.15, 0.2) is 24.3 Å². The van der Waals surface area contributed by atoms with Crippen LogP contribution >= 0.6 is 0 Å². The average Bonchev–Trinajstić information content (AvgIpc) is 3.23. The number of hydrogen-bond donors (Lipinski definition) is 2. The van der Waals surface area contributed by atoms with Gasteiger partial charge in [-0.2, -0.15) is 0 Å². The van der Waals surface area contributed by atoms with Crippen LogP contribution in [-0.4, -0.2) is 30.3 Å². The summed E-state index contributed by atoms with van der Waals surface area (Å²) >= 11 is 0. The fourth-order valence-corrected chi connectivity index (χ4v) is 1.85. The smallest absolute Gasteiger partial charge is 0.223 e. The maximum Gasteiger partial charge on any atom is 0.223 e. The molecule has 0 radical (unpaired) electrons. The summed E-state index contributed by atoms with van der Waals surface area (Å²) in [4.78, 5) is 11.5. The monoisotopic (exact) mass is 263 g/mol. The molecule has 1 aliphatic rings. The van der Waals surface area contributed by atoms with Crippen LogP contribution in [0.5, 0.6) is 5.75 Å². The Labute approximate surface area is 113 Å². The van der Waals surface area contributed by atoms with Crippen molar-refractivity contribution in [3.63, 3.8) is 0 Å². The van der Waals surface area contributed by atoms with Gasteiger partial charge in [0.05, 0.1) is 19.1 Å². The summed E-state index contributed by atoms with van der Waals surface area (Å²) in [5.74, 6) is 1.09. The molecule has 4 heteroatoms. The molecule has 104 valence electrons. The maximum absolute atomic E-state index is 11.5. The molecule has 0 aromatic heterocycles. The molecule has 0 saturated heterocycles. The number of rotatable bonds is 7. The Bertz CT molecular complexity index is 412. The van der Waals surface area contributed by atoms with Gasteiger partial charge in [-0.25, -0.2) is 0 Å². The molecule has 0 aliphatic heterocycles. The molecule has 2 rings (SSSR count). The third kappa shape index (κ3) is 4.91. The van der Waals surface area contributed by atoms with Gasteiger partial charge in [0.15, 0.2) is 0 Å². The molecule has 1 amide bonds. The maximum atomic E-state index is 11.5. The number of aliphatic hydroxyl groups excluding tert-OH is 1. The summed E-state index contributed by atoms with van der Waals surface area (Å²) in [5.41, 5.74) is 1.18. The lowest BCUT2D eigenvalue weighted by Gasteiger charge is -2.11. The van der Waals surface area contributed by atoms with Gasteiger partial charge < -0.3 is 15.2 Å². The Morgan fingerprint density at radius 1 is 1.42 bits per heavy atom. The highest BCUT2D eigenvalue weighted by Gasteiger charge is 2.29. The van der Waals surface area contributed by atoms with Crippen molar-refractivity contribution in [1.29, 1.82) is 0 Å². The van der Waals surface area contributed by atoms with E-state index in [1.807, 2.05) is 31.2 Å². The Hall–Kier alpha value is -1.55. The molecule has 1 aromatic carbocycles. The van der Waals surface area contributed by atoms with Crippen LogP contribution in [0.25, 0.3) is 0 Å². The van der Waals surface area contributed by atoms with E-state index in [0.29, 0.717) is 25.5 Å². The topological polar surface area (TPSA) is 58.6 Å². The quantitative estimate of drug-likeness (QED) is 0.786. The van der Waals surface area contributed by atoms with Crippen molar-refractivity contribution < 1.29 is 14.6 Å². The van der Waals surface area contributed by atoms with Crippen molar-refractivity contribution in [3.8, 4) is 5.75 Å². The Kier molecular flexibility index (Phi) is 4.80. The number of nitrogens with one attached hydrogen (secondary N) is 1. The predicted octanol–water partition coefficient (Wildman–Crippen LogP) is 1.65. The molecule has 1 aromatic rings. The van der Waals surface area contributed by atoms with E-state index in [1.54, 1.807) is 0 Å². The highest BCUT2D eigenvalue weighted by atomic mass is 16.5. The zero-order chi connectivity index (χ0) is 13.7. The number of benzene rings is 1. The van der Waals surface area contributed by atoms with Gasteiger partial charge in [0.25, 0.3) is 0 Å². The number of hydrogen-bond acceptors (Lipinski definition) is 3. The van der Waals surface area contributed by atoms with Crippen molar-refractivity contribution in [2.24, 2.45) is 5.92 Å². The molecule has 1 unspecified atom stereocenters.